The summed E-state index contributed by atoms with van der Waals surface area (Å²) < 4.78 is 0.114. The van der Waals surface area contributed by atoms with Gasteiger partial charge in [-0.2, -0.15) is 11.8 Å². The van der Waals surface area contributed by atoms with Crippen molar-refractivity contribution < 1.29 is 9.90 Å². The van der Waals surface area contributed by atoms with E-state index in [2.05, 4.69) is 26.1 Å². The van der Waals surface area contributed by atoms with Gasteiger partial charge in [-0.25, -0.2) is 0 Å². The molecule has 0 rings (SSSR count). The molecule has 0 bridgehead atoms. The summed E-state index contributed by atoms with van der Waals surface area (Å²) in [6.45, 7) is 6.41. The molecule has 2 N–H and O–H groups in total. The van der Waals surface area contributed by atoms with Crippen LogP contribution in [0.3, 0.4) is 0 Å². The second-order valence-corrected chi connectivity index (χ2v) is 7.35. The molecular formula is C11H23NO2S2. The molecule has 0 aliphatic rings. The van der Waals surface area contributed by atoms with Crippen LogP contribution in [0.4, 0.5) is 0 Å². The first-order valence-corrected chi connectivity index (χ1v) is 7.80. The summed E-state index contributed by atoms with van der Waals surface area (Å²) in [5, 5.41) is 11.8. The van der Waals surface area contributed by atoms with Crippen LogP contribution in [0.25, 0.3) is 0 Å². The number of carbonyl (C=O) groups excluding carboxylic acids is 1. The van der Waals surface area contributed by atoms with Crippen LogP contribution >= 0.6 is 23.5 Å². The number of thioether (sulfide) groups is 2. The van der Waals surface area contributed by atoms with E-state index < -0.39 is 0 Å². The second kappa shape index (κ2) is 8.25. The van der Waals surface area contributed by atoms with Crippen LogP contribution in [-0.4, -0.2) is 46.2 Å². The average molecular weight is 265 g/mol. The van der Waals surface area contributed by atoms with E-state index in [4.69, 9.17) is 5.11 Å². The van der Waals surface area contributed by atoms with Gasteiger partial charge in [0.15, 0.2) is 0 Å². The predicted molar refractivity (Wildman–Crippen MR) is 74.2 cm³/mol. The van der Waals surface area contributed by atoms with Gasteiger partial charge < -0.3 is 10.4 Å². The van der Waals surface area contributed by atoms with E-state index in [0.29, 0.717) is 12.2 Å². The quantitative estimate of drug-likeness (QED) is 0.736. The Morgan fingerprint density at radius 2 is 2.06 bits per heavy atom. The first kappa shape index (κ1) is 16.1. The van der Waals surface area contributed by atoms with Gasteiger partial charge in [0.2, 0.25) is 5.91 Å². The van der Waals surface area contributed by atoms with E-state index in [-0.39, 0.29) is 23.3 Å². The van der Waals surface area contributed by atoms with Crippen LogP contribution < -0.4 is 5.32 Å². The fraction of sp³-hybridized carbons (Fsp3) is 0.909. The lowest BCUT2D eigenvalue weighted by molar-refractivity contribution is -0.119. The van der Waals surface area contributed by atoms with Crippen molar-refractivity contribution >= 4 is 29.4 Å². The Labute approximate surface area is 107 Å². The molecule has 0 aliphatic heterocycles. The van der Waals surface area contributed by atoms with Gasteiger partial charge in [0.1, 0.15) is 0 Å². The van der Waals surface area contributed by atoms with Gasteiger partial charge in [-0.1, -0.05) is 20.8 Å². The van der Waals surface area contributed by atoms with Crippen LogP contribution in [0.15, 0.2) is 0 Å². The molecule has 0 radical (unpaired) electrons. The molecule has 1 atom stereocenters. The predicted octanol–water partition coefficient (Wildman–Crippen LogP) is 1.75. The molecule has 16 heavy (non-hydrogen) atoms. The zero-order chi connectivity index (χ0) is 12.6. The summed E-state index contributed by atoms with van der Waals surface area (Å²) in [7, 11) is 0. The normalized spacial score (nSPS) is 13.6. The summed E-state index contributed by atoms with van der Waals surface area (Å²) in [5.74, 6) is 1.40. The van der Waals surface area contributed by atoms with E-state index in [1.807, 2.05) is 6.26 Å². The number of rotatable bonds is 7. The highest BCUT2D eigenvalue weighted by Gasteiger charge is 2.15. The third kappa shape index (κ3) is 9.36. The Bertz CT molecular complexity index is 199. The van der Waals surface area contributed by atoms with Crippen molar-refractivity contribution in [2.24, 2.45) is 0 Å². The molecule has 1 amide bonds. The maximum absolute atomic E-state index is 11.6. The van der Waals surface area contributed by atoms with Crippen molar-refractivity contribution in [1.82, 2.24) is 5.32 Å². The highest BCUT2D eigenvalue weighted by Crippen LogP contribution is 2.22. The minimum atomic E-state index is 0.0624. The van der Waals surface area contributed by atoms with Crippen molar-refractivity contribution in [3.05, 3.63) is 0 Å². The van der Waals surface area contributed by atoms with Crippen LogP contribution in [0, 0.1) is 0 Å². The number of hydrogen-bond donors (Lipinski definition) is 2. The number of amides is 1. The van der Waals surface area contributed by atoms with E-state index in [9.17, 15) is 4.79 Å². The molecule has 0 aromatic heterocycles. The van der Waals surface area contributed by atoms with Crippen molar-refractivity contribution in [1.29, 1.82) is 0 Å². The van der Waals surface area contributed by atoms with Gasteiger partial charge >= 0.3 is 0 Å². The summed E-state index contributed by atoms with van der Waals surface area (Å²) in [6.07, 6.45) is 2.63. The van der Waals surface area contributed by atoms with Gasteiger partial charge in [-0.3, -0.25) is 4.79 Å². The molecule has 0 fully saturated rings. The van der Waals surface area contributed by atoms with Gasteiger partial charge in [0, 0.05) is 23.1 Å². The third-order valence-electron chi connectivity index (χ3n) is 1.85. The van der Waals surface area contributed by atoms with Gasteiger partial charge in [-0.05, 0) is 12.7 Å². The summed E-state index contributed by atoms with van der Waals surface area (Å²) >= 11 is 3.32. The summed E-state index contributed by atoms with van der Waals surface area (Å²) in [4.78, 5) is 11.6. The standard InChI is InChI=1S/C11H23NO2S2/c1-11(2,3)16-8-10(14)12-9(5-6-13)7-15-4/h9,13H,5-8H2,1-4H3,(H,12,14)/t9-/m0/s1. The second-order valence-electron chi connectivity index (χ2n) is 4.63. The number of aliphatic hydroxyl groups excluding tert-OH is 1. The Morgan fingerprint density at radius 3 is 2.50 bits per heavy atom. The fourth-order valence-electron chi connectivity index (χ4n) is 1.11. The highest BCUT2D eigenvalue weighted by molar-refractivity contribution is 8.01. The molecule has 0 saturated heterocycles. The van der Waals surface area contributed by atoms with E-state index in [1.165, 1.54) is 0 Å². The maximum atomic E-state index is 11.6. The maximum Gasteiger partial charge on any atom is 0.230 e. The van der Waals surface area contributed by atoms with E-state index in [1.54, 1.807) is 23.5 Å². The van der Waals surface area contributed by atoms with E-state index in [0.717, 1.165) is 5.75 Å². The first-order valence-electron chi connectivity index (χ1n) is 5.42. The Morgan fingerprint density at radius 1 is 1.44 bits per heavy atom. The fourth-order valence-corrected chi connectivity index (χ4v) is 2.41. The van der Waals surface area contributed by atoms with Crippen molar-refractivity contribution in [3.8, 4) is 0 Å². The lowest BCUT2D eigenvalue weighted by atomic mass is 10.2. The SMILES string of the molecule is CSC[C@H](CCO)NC(=O)CSC(C)(C)C. The zero-order valence-electron chi connectivity index (χ0n) is 10.6. The molecule has 0 spiro atoms. The topological polar surface area (TPSA) is 49.3 Å². The lowest BCUT2D eigenvalue weighted by Crippen LogP contribution is -2.38. The number of aliphatic hydroxyl groups is 1. The van der Waals surface area contributed by atoms with Crippen molar-refractivity contribution in [3.63, 3.8) is 0 Å². The number of carbonyl (C=O) groups is 1. The zero-order valence-corrected chi connectivity index (χ0v) is 12.2. The minimum Gasteiger partial charge on any atom is -0.396 e. The molecule has 5 heteroatoms. The van der Waals surface area contributed by atoms with Gasteiger partial charge in [0.25, 0.3) is 0 Å². The first-order chi connectivity index (χ1) is 7.39. The highest BCUT2D eigenvalue weighted by atomic mass is 32.2. The monoisotopic (exact) mass is 265 g/mol. The van der Waals surface area contributed by atoms with Crippen LogP contribution in [-0.2, 0) is 4.79 Å². The molecule has 0 aromatic rings. The molecular weight excluding hydrogens is 242 g/mol. The number of nitrogens with one attached hydrogen (secondary N) is 1. The summed E-state index contributed by atoms with van der Waals surface area (Å²) in [6, 6.07) is 0.0908. The molecule has 0 heterocycles. The molecule has 3 nitrogen and oxygen atoms in total. The lowest BCUT2D eigenvalue weighted by Gasteiger charge is -2.20. The largest absolute Gasteiger partial charge is 0.396 e. The molecule has 96 valence electrons. The van der Waals surface area contributed by atoms with E-state index >= 15 is 0 Å². The van der Waals surface area contributed by atoms with Crippen LogP contribution in [0.2, 0.25) is 0 Å². The molecule has 0 unspecified atom stereocenters. The third-order valence-corrected chi connectivity index (χ3v) is 3.86. The Hall–Kier alpha value is 0.130. The minimum absolute atomic E-state index is 0.0624. The number of hydrogen-bond acceptors (Lipinski definition) is 4. The smallest absolute Gasteiger partial charge is 0.230 e. The van der Waals surface area contributed by atoms with Crippen molar-refractivity contribution in [2.75, 3.05) is 24.4 Å². The average Bonchev–Trinajstić information content (AvgIpc) is 2.14. The summed E-state index contributed by atoms with van der Waals surface area (Å²) in [5.41, 5.74) is 0. The van der Waals surface area contributed by atoms with Gasteiger partial charge in [0.05, 0.1) is 5.75 Å². The molecule has 0 aromatic carbocycles. The van der Waals surface area contributed by atoms with Crippen molar-refractivity contribution in [2.45, 2.75) is 38.0 Å². The van der Waals surface area contributed by atoms with Gasteiger partial charge in [-0.15, -0.1) is 11.8 Å². The molecule has 0 aliphatic carbocycles. The molecule has 0 saturated carbocycles. The van der Waals surface area contributed by atoms with Crippen LogP contribution in [0.1, 0.15) is 27.2 Å². The van der Waals surface area contributed by atoms with Crippen LogP contribution in [0.5, 0.6) is 0 Å². The Kier molecular flexibility index (Phi) is 8.32. The Balaban J connectivity index is 3.90.